The van der Waals surface area contributed by atoms with Crippen LogP contribution in [0.3, 0.4) is 0 Å². The van der Waals surface area contributed by atoms with Crippen LogP contribution in [0.2, 0.25) is 0 Å². The smallest absolute Gasteiger partial charge is 0.0854 e. The zero-order valence-electron chi connectivity index (χ0n) is 7.86. The summed E-state index contributed by atoms with van der Waals surface area (Å²) in [5.74, 6) is 1.74. The second-order valence-electron chi connectivity index (χ2n) is 4.22. The molecule has 1 aromatic rings. The van der Waals surface area contributed by atoms with E-state index in [1.165, 1.54) is 24.0 Å². The van der Waals surface area contributed by atoms with Crippen LogP contribution in [0.1, 0.15) is 23.7 Å². The number of rotatable bonds is 1. The van der Waals surface area contributed by atoms with Gasteiger partial charge in [0.1, 0.15) is 0 Å². The van der Waals surface area contributed by atoms with Gasteiger partial charge in [0.15, 0.2) is 0 Å². The van der Waals surface area contributed by atoms with Crippen LogP contribution < -0.4 is 0 Å². The molecule has 0 N–H and O–H groups in total. The van der Waals surface area contributed by atoms with Crippen molar-refractivity contribution in [3.63, 3.8) is 0 Å². The Bertz CT molecular complexity index is 332. The lowest BCUT2D eigenvalue weighted by atomic mass is 9.89. The van der Waals surface area contributed by atoms with Gasteiger partial charge in [-0.15, -0.1) is 0 Å². The Kier molecular flexibility index (Phi) is 1.50. The molecule has 2 aliphatic carbocycles. The molecular weight excluding hydrogens is 160 g/mol. The minimum atomic E-state index is 0.384. The monoisotopic (exact) mass is 174 g/mol. The van der Waals surface area contributed by atoms with E-state index < -0.39 is 0 Å². The number of benzene rings is 1. The van der Waals surface area contributed by atoms with Crippen LogP contribution in [-0.4, -0.2) is 7.11 Å². The quantitative estimate of drug-likeness (QED) is 0.635. The van der Waals surface area contributed by atoms with Gasteiger partial charge in [-0.1, -0.05) is 24.3 Å². The number of methoxy groups -OCH3 is 1. The Morgan fingerprint density at radius 2 is 2.15 bits per heavy atom. The lowest BCUT2D eigenvalue weighted by Gasteiger charge is -2.23. The maximum atomic E-state index is 5.57. The molecule has 0 unspecified atom stereocenters. The average Bonchev–Trinajstić information content (AvgIpc) is 2.92. The van der Waals surface area contributed by atoms with E-state index in [1.807, 2.05) is 7.11 Å². The van der Waals surface area contributed by atoms with Gasteiger partial charge in [0.05, 0.1) is 6.10 Å². The van der Waals surface area contributed by atoms with Gasteiger partial charge in [0.25, 0.3) is 0 Å². The van der Waals surface area contributed by atoms with Crippen molar-refractivity contribution < 1.29 is 4.74 Å². The zero-order valence-corrected chi connectivity index (χ0v) is 7.86. The average molecular weight is 174 g/mol. The molecule has 3 rings (SSSR count). The molecule has 0 bridgehead atoms. The molecule has 13 heavy (non-hydrogen) atoms. The van der Waals surface area contributed by atoms with Crippen molar-refractivity contribution >= 4 is 0 Å². The molecule has 2 aliphatic rings. The van der Waals surface area contributed by atoms with Gasteiger partial charge < -0.3 is 4.74 Å². The first-order valence-electron chi connectivity index (χ1n) is 5.00. The highest BCUT2D eigenvalue weighted by molar-refractivity contribution is 5.35. The van der Waals surface area contributed by atoms with Crippen LogP contribution in [-0.2, 0) is 11.2 Å². The van der Waals surface area contributed by atoms with Crippen molar-refractivity contribution in [3.05, 3.63) is 35.4 Å². The van der Waals surface area contributed by atoms with Gasteiger partial charge in [0.2, 0.25) is 0 Å². The second-order valence-corrected chi connectivity index (χ2v) is 4.22. The Hall–Kier alpha value is -0.820. The van der Waals surface area contributed by atoms with E-state index in [1.54, 1.807) is 0 Å². The van der Waals surface area contributed by atoms with Crippen LogP contribution in [0.15, 0.2) is 24.3 Å². The third-order valence-corrected chi connectivity index (χ3v) is 3.46. The topological polar surface area (TPSA) is 9.23 Å². The summed E-state index contributed by atoms with van der Waals surface area (Å²) in [5, 5.41) is 0. The summed E-state index contributed by atoms with van der Waals surface area (Å²) >= 11 is 0. The number of ether oxygens (including phenoxy) is 1. The summed E-state index contributed by atoms with van der Waals surface area (Å²) in [7, 11) is 1.84. The second kappa shape index (κ2) is 2.58. The van der Waals surface area contributed by atoms with Gasteiger partial charge in [-0.2, -0.15) is 0 Å². The molecule has 0 heterocycles. The number of fused-ring (bicyclic) bond motifs is 2. The van der Waals surface area contributed by atoms with E-state index >= 15 is 0 Å². The predicted octanol–water partition coefficient (Wildman–Crippen LogP) is 2.57. The molecule has 1 fully saturated rings. The van der Waals surface area contributed by atoms with Gasteiger partial charge in [0, 0.05) is 7.11 Å². The van der Waals surface area contributed by atoms with Crippen molar-refractivity contribution in [1.29, 1.82) is 0 Å². The van der Waals surface area contributed by atoms with Crippen LogP contribution in [0.4, 0.5) is 0 Å². The van der Waals surface area contributed by atoms with E-state index in [9.17, 15) is 0 Å². The molecule has 0 radical (unpaired) electrons. The maximum Gasteiger partial charge on any atom is 0.0854 e. The first-order chi connectivity index (χ1) is 6.40. The Morgan fingerprint density at radius 1 is 1.31 bits per heavy atom. The van der Waals surface area contributed by atoms with E-state index in [-0.39, 0.29) is 0 Å². The lowest BCUT2D eigenvalue weighted by molar-refractivity contribution is 0.0746. The van der Waals surface area contributed by atoms with E-state index in [0.717, 1.165) is 11.8 Å². The van der Waals surface area contributed by atoms with Crippen LogP contribution >= 0.6 is 0 Å². The zero-order chi connectivity index (χ0) is 8.84. The molecule has 0 spiro atoms. The molecule has 0 aliphatic heterocycles. The van der Waals surface area contributed by atoms with E-state index in [4.69, 9.17) is 4.74 Å². The summed E-state index contributed by atoms with van der Waals surface area (Å²) in [4.78, 5) is 0. The highest BCUT2D eigenvalue weighted by atomic mass is 16.5. The van der Waals surface area contributed by atoms with Gasteiger partial charge in [-0.05, 0) is 35.8 Å². The van der Waals surface area contributed by atoms with Gasteiger partial charge >= 0.3 is 0 Å². The highest BCUT2D eigenvalue weighted by Crippen LogP contribution is 2.54. The predicted molar refractivity (Wildman–Crippen MR) is 51.5 cm³/mol. The van der Waals surface area contributed by atoms with Crippen LogP contribution in [0.5, 0.6) is 0 Å². The minimum Gasteiger partial charge on any atom is -0.376 e. The van der Waals surface area contributed by atoms with E-state index in [0.29, 0.717) is 6.10 Å². The molecule has 1 nitrogen and oxygen atoms in total. The third-order valence-electron chi connectivity index (χ3n) is 3.46. The molecule has 3 atom stereocenters. The van der Waals surface area contributed by atoms with Crippen LogP contribution in [0.25, 0.3) is 0 Å². The summed E-state index contributed by atoms with van der Waals surface area (Å²) in [6, 6.07) is 8.72. The molecule has 68 valence electrons. The largest absolute Gasteiger partial charge is 0.376 e. The van der Waals surface area contributed by atoms with Gasteiger partial charge in [-0.3, -0.25) is 0 Å². The molecule has 0 saturated heterocycles. The first kappa shape index (κ1) is 7.57. The van der Waals surface area contributed by atoms with Crippen LogP contribution in [0, 0.1) is 11.8 Å². The standard InChI is InChI=1S/C12H14O/c1-13-12-10-5-3-2-4-8(10)6-9-7-11(9)12/h2-5,9,11-12H,6-7H2,1H3/t9-,11+,12-/m1/s1. The SMILES string of the molecule is CO[C@@H]1c2ccccc2C[C@@H]2C[C@@H]21. The molecule has 0 aromatic heterocycles. The Balaban J connectivity index is 2.06. The van der Waals surface area contributed by atoms with Crippen molar-refractivity contribution in [1.82, 2.24) is 0 Å². The summed E-state index contributed by atoms with van der Waals surface area (Å²) in [6.07, 6.45) is 3.03. The number of hydrogen-bond donors (Lipinski definition) is 0. The van der Waals surface area contributed by atoms with Gasteiger partial charge in [-0.25, -0.2) is 0 Å². The Labute approximate surface area is 78.7 Å². The fraction of sp³-hybridized carbons (Fsp3) is 0.500. The fourth-order valence-electron chi connectivity index (χ4n) is 2.69. The molecular formula is C12H14O. The third kappa shape index (κ3) is 1.03. The molecule has 1 heteroatoms. The van der Waals surface area contributed by atoms with Crippen molar-refractivity contribution in [2.24, 2.45) is 11.8 Å². The fourth-order valence-corrected chi connectivity index (χ4v) is 2.69. The minimum absolute atomic E-state index is 0.384. The molecule has 1 saturated carbocycles. The maximum absolute atomic E-state index is 5.57. The normalized spacial score (nSPS) is 35.0. The van der Waals surface area contributed by atoms with Crippen molar-refractivity contribution in [3.8, 4) is 0 Å². The summed E-state index contributed by atoms with van der Waals surface area (Å²) in [6.45, 7) is 0. The summed E-state index contributed by atoms with van der Waals surface area (Å²) < 4.78 is 5.57. The molecule has 1 aromatic carbocycles. The number of hydrogen-bond acceptors (Lipinski definition) is 1. The van der Waals surface area contributed by atoms with E-state index in [2.05, 4.69) is 24.3 Å². The first-order valence-corrected chi connectivity index (χ1v) is 5.00. The van der Waals surface area contributed by atoms with Crippen molar-refractivity contribution in [2.45, 2.75) is 18.9 Å². The lowest BCUT2D eigenvalue weighted by Crippen LogP contribution is -2.14. The summed E-state index contributed by atoms with van der Waals surface area (Å²) in [5.41, 5.74) is 2.94. The Morgan fingerprint density at radius 3 is 3.00 bits per heavy atom. The highest BCUT2D eigenvalue weighted by Gasteiger charge is 2.47. The molecule has 0 amide bonds. The van der Waals surface area contributed by atoms with Crippen molar-refractivity contribution in [2.75, 3.05) is 7.11 Å².